The van der Waals surface area contributed by atoms with Crippen molar-refractivity contribution in [2.75, 3.05) is 18.5 Å². The molecule has 0 saturated heterocycles. The molecule has 3 heteroatoms. The van der Waals surface area contributed by atoms with E-state index in [1.807, 2.05) is 45.2 Å². The molecule has 1 aliphatic rings. The molecule has 0 aliphatic heterocycles. The number of anilines is 1. The van der Waals surface area contributed by atoms with Crippen molar-refractivity contribution in [1.29, 1.82) is 0 Å². The smallest absolute Gasteiger partial charge is 0.235 e. The average molecular weight is 258 g/mol. The molecule has 0 N–H and O–H groups in total. The first-order valence-corrected chi connectivity index (χ1v) is 6.89. The summed E-state index contributed by atoms with van der Waals surface area (Å²) in [5, 5.41) is 0. The molecule has 1 aromatic carbocycles. The SMILES string of the molecule is CC.[C-]#[N+]C1CC1C(=O)c1ccc(N(C)CC)cc1. The summed E-state index contributed by atoms with van der Waals surface area (Å²) in [5.74, 6) is 0.0685. The number of carbonyl (C=O) groups excluding carboxylic acids is 1. The van der Waals surface area contributed by atoms with Crippen LogP contribution in [0.15, 0.2) is 24.3 Å². The van der Waals surface area contributed by atoms with Crippen molar-refractivity contribution in [2.24, 2.45) is 5.92 Å². The number of benzene rings is 1. The second kappa shape index (κ2) is 6.94. The predicted molar refractivity (Wildman–Crippen MR) is 79.6 cm³/mol. The third-order valence-electron chi connectivity index (χ3n) is 3.33. The quantitative estimate of drug-likeness (QED) is 0.608. The van der Waals surface area contributed by atoms with Gasteiger partial charge in [0.05, 0.1) is 0 Å². The Balaban J connectivity index is 0.000000861. The summed E-state index contributed by atoms with van der Waals surface area (Å²) in [6.45, 7) is 13.9. The van der Waals surface area contributed by atoms with Gasteiger partial charge in [0.1, 0.15) is 5.92 Å². The van der Waals surface area contributed by atoms with Gasteiger partial charge in [0, 0.05) is 31.3 Å². The van der Waals surface area contributed by atoms with Crippen LogP contribution >= 0.6 is 0 Å². The molecule has 102 valence electrons. The number of rotatable bonds is 4. The number of hydrogen-bond donors (Lipinski definition) is 0. The predicted octanol–water partition coefficient (Wildman–Crippen LogP) is 3.66. The number of Topliss-reactive ketones (excluding diaryl/α,β-unsaturated/α-hetero) is 1. The van der Waals surface area contributed by atoms with Crippen LogP contribution in [0, 0.1) is 12.5 Å². The van der Waals surface area contributed by atoms with Crippen LogP contribution in [0.1, 0.15) is 37.6 Å². The highest BCUT2D eigenvalue weighted by Gasteiger charge is 2.49. The van der Waals surface area contributed by atoms with E-state index in [4.69, 9.17) is 6.57 Å². The molecule has 1 saturated carbocycles. The van der Waals surface area contributed by atoms with Gasteiger partial charge in [-0.25, -0.2) is 6.57 Å². The van der Waals surface area contributed by atoms with E-state index in [-0.39, 0.29) is 17.7 Å². The first-order valence-electron chi connectivity index (χ1n) is 6.89. The fraction of sp³-hybridized carbons (Fsp3) is 0.500. The fourth-order valence-corrected chi connectivity index (χ4v) is 1.88. The van der Waals surface area contributed by atoms with Crippen LogP contribution in [0.3, 0.4) is 0 Å². The number of carbonyl (C=O) groups is 1. The van der Waals surface area contributed by atoms with Crippen LogP contribution < -0.4 is 4.90 Å². The summed E-state index contributed by atoms with van der Waals surface area (Å²) in [5.41, 5.74) is 1.84. The van der Waals surface area contributed by atoms with Crippen molar-refractivity contribution in [3.63, 3.8) is 0 Å². The minimum atomic E-state index is -0.0690. The van der Waals surface area contributed by atoms with E-state index in [9.17, 15) is 4.79 Å². The monoisotopic (exact) mass is 258 g/mol. The Kier molecular flexibility index (Phi) is 5.57. The van der Waals surface area contributed by atoms with Gasteiger partial charge >= 0.3 is 0 Å². The van der Waals surface area contributed by atoms with E-state index in [2.05, 4.69) is 16.7 Å². The van der Waals surface area contributed by atoms with Gasteiger partial charge in [0.25, 0.3) is 0 Å². The first kappa shape index (κ1) is 15.2. The molecule has 2 atom stereocenters. The van der Waals surface area contributed by atoms with Gasteiger partial charge < -0.3 is 9.74 Å². The molecule has 3 nitrogen and oxygen atoms in total. The van der Waals surface area contributed by atoms with E-state index in [1.54, 1.807) is 0 Å². The normalized spacial score (nSPS) is 19.7. The van der Waals surface area contributed by atoms with Crippen LogP contribution in [0.5, 0.6) is 0 Å². The third-order valence-corrected chi connectivity index (χ3v) is 3.33. The molecule has 1 aromatic rings. The lowest BCUT2D eigenvalue weighted by Crippen LogP contribution is -2.15. The van der Waals surface area contributed by atoms with Crippen molar-refractivity contribution >= 4 is 11.5 Å². The summed E-state index contributed by atoms with van der Waals surface area (Å²) < 4.78 is 0. The second-order valence-electron chi connectivity index (χ2n) is 4.46. The highest BCUT2D eigenvalue weighted by atomic mass is 16.1. The van der Waals surface area contributed by atoms with Gasteiger partial charge in [0.15, 0.2) is 5.78 Å². The summed E-state index contributed by atoms with van der Waals surface area (Å²) >= 11 is 0. The molecule has 2 rings (SSSR count). The van der Waals surface area contributed by atoms with Crippen LogP contribution in [-0.4, -0.2) is 25.4 Å². The maximum absolute atomic E-state index is 12.0. The van der Waals surface area contributed by atoms with Gasteiger partial charge in [-0.05, 0) is 31.2 Å². The average Bonchev–Trinajstić information content (AvgIpc) is 3.27. The second-order valence-corrected chi connectivity index (χ2v) is 4.46. The molecule has 1 aliphatic carbocycles. The summed E-state index contributed by atoms with van der Waals surface area (Å²) in [6, 6.07) is 7.59. The zero-order chi connectivity index (χ0) is 14.4. The Morgan fingerprint density at radius 2 is 1.95 bits per heavy atom. The third kappa shape index (κ3) is 3.57. The van der Waals surface area contributed by atoms with Crippen LogP contribution in [-0.2, 0) is 0 Å². The standard InChI is InChI=1S/C14H16N2O.C2H6/c1-4-16(3)11-7-5-10(6-8-11)14(17)12-9-13(12)15-2;1-2/h5-8,12-13H,4,9H2,1,3H3;1-2H3. The molecular formula is C16H22N2O. The highest BCUT2D eigenvalue weighted by molar-refractivity contribution is 6.00. The van der Waals surface area contributed by atoms with E-state index in [1.165, 1.54) is 0 Å². The van der Waals surface area contributed by atoms with Gasteiger partial charge in [0.2, 0.25) is 6.04 Å². The molecule has 0 bridgehead atoms. The number of hydrogen-bond acceptors (Lipinski definition) is 2. The number of nitrogens with zero attached hydrogens (tertiary/aromatic N) is 2. The fourth-order valence-electron chi connectivity index (χ4n) is 1.88. The molecular weight excluding hydrogens is 236 g/mol. The van der Waals surface area contributed by atoms with Crippen molar-refractivity contribution < 1.29 is 4.79 Å². The molecule has 0 spiro atoms. The summed E-state index contributed by atoms with van der Waals surface area (Å²) in [6.07, 6.45) is 0.735. The van der Waals surface area contributed by atoms with Gasteiger partial charge in [-0.15, -0.1) is 0 Å². The van der Waals surface area contributed by atoms with E-state index >= 15 is 0 Å². The van der Waals surface area contributed by atoms with E-state index in [0.717, 1.165) is 24.2 Å². The highest BCUT2D eigenvalue weighted by Crippen LogP contribution is 2.36. The van der Waals surface area contributed by atoms with Crippen LogP contribution in [0.2, 0.25) is 0 Å². The lowest BCUT2D eigenvalue weighted by molar-refractivity contribution is 0.0967. The molecule has 2 unspecified atom stereocenters. The van der Waals surface area contributed by atoms with Gasteiger partial charge in [-0.1, -0.05) is 13.8 Å². The first-order chi connectivity index (χ1) is 9.17. The molecule has 0 heterocycles. The lowest BCUT2D eigenvalue weighted by atomic mass is 10.1. The zero-order valence-electron chi connectivity index (χ0n) is 12.2. The van der Waals surface area contributed by atoms with E-state index in [0.29, 0.717) is 0 Å². The number of ketones is 1. The maximum Gasteiger partial charge on any atom is 0.235 e. The molecule has 0 radical (unpaired) electrons. The van der Waals surface area contributed by atoms with Crippen LogP contribution in [0.4, 0.5) is 5.69 Å². The largest absolute Gasteiger partial charge is 0.375 e. The Labute approximate surface area is 116 Å². The molecule has 0 amide bonds. The Morgan fingerprint density at radius 1 is 1.37 bits per heavy atom. The van der Waals surface area contributed by atoms with Crippen molar-refractivity contribution in [2.45, 2.75) is 33.2 Å². The molecule has 0 aromatic heterocycles. The minimum absolute atomic E-state index is 0.0535. The van der Waals surface area contributed by atoms with Crippen molar-refractivity contribution in [3.05, 3.63) is 41.2 Å². The van der Waals surface area contributed by atoms with Gasteiger partial charge in [-0.3, -0.25) is 4.79 Å². The Morgan fingerprint density at radius 3 is 2.37 bits per heavy atom. The molecule has 19 heavy (non-hydrogen) atoms. The minimum Gasteiger partial charge on any atom is -0.375 e. The van der Waals surface area contributed by atoms with Crippen molar-refractivity contribution in [3.8, 4) is 0 Å². The maximum atomic E-state index is 12.0. The Hall–Kier alpha value is -1.82. The van der Waals surface area contributed by atoms with Crippen molar-refractivity contribution in [1.82, 2.24) is 0 Å². The Bertz CT molecular complexity index is 459. The topological polar surface area (TPSA) is 24.7 Å². The van der Waals surface area contributed by atoms with Crippen LogP contribution in [0.25, 0.3) is 4.85 Å². The summed E-state index contributed by atoms with van der Waals surface area (Å²) in [4.78, 5) is 17.5. The summed E-state index contributed by atoms with van der Waals surface area (Å²) in [7, 11) is 2.02. The van der Waals surface area contributed by atoms with E-state index < -0.39 is 0 Å². The zero-order valence-corrected chi connectivity index (χ0v) is 12.2. The molecule has 1 fully saturated rings. The van der Waals surface area contributed by atoms with Gasteiger partial charge in [-0.2, -0.15) is 0 Å². The lowest BCUT2D eigenvalue weighted by Gasteiger charge is -2.16.